The molecule has 0 bridgehead atoms. The zero-order chi connectivity index (χ0) is 13.1. The molecule has 0 atom stereocenters. The molecule has 2 N–H and O–H groups in total. The van der Waals surface area contributed by atoms with E-state index in [1.807, 2.05) is 25.1 Å². The van der Waals surface area contributed by atoms with E-state index in [0.717, 1.165) is 17.0 Å². The summed E-state index contributed by atoms with van der Waals surface area (Å²) in [6.07, 6.45) is 0. The van der Waals surface area contributed by atoms with Crippen LogP contribution >= 0.6 is 0 Å². The minimum absolute atomic E-state index is 0.596. The lowest BCUT2D eigenvalue weighted by Gasteiger charge is -2.12. The van der Waals surface area contributed by atoms with E-state index in [1.165, 1.54) is 16.7 Å². The Kier molecular flexibility index (Phi) is 3.56. The fourth-order valence-corrected chi connectivity index (χ4v) is 1.95. The van der Waals surface area contributed by atoms with Crippen molar-refractivity contribution in [3.63, 3.8) is 0 Å². The second-order valence-electron chi connectivity index (χ2n) is 4.74. The van der Waals surface area contributed by atoms with Gasteiger partial charge in [-0.1, -0.05) is 23.8 Å². The number of nitrogen functional groups attached to an aromatic ring is 1. The van der Waals surface area contributed by atoms with Gasteiger partial charge in [-0.25, -0.2) is 0 Å². The number of ether oxygens (including phenoxy) is 1. The lowest BCUT2D eigenvalue weighted by atomic mass is 10.1. The lowest BCUT2D eigenvalue weighted by molar-refractivity contribution is 0.303. The number of aryl methyl sites for hydroxylation is 3. The van der Waals surface area contributed by atoms with Crippen molar-refractivity contribution in [3.05, 3.63) is 58.7 Å². The quantitative estimate of drug-likeness (QED) is 0.830. The van der Waals surface area contributed by atoms with Crippen LogP contribution in [-0.4, -0.2) is 0 Å². The highest BCUT2D eigenvalue weighted by Gasteiger charge is 2.03. The number of anilines is 1. The van der Waals surface area contributed by atoms with Crippen LogP contribution in [0.1, 0.15) is 22.3 Å². The molecule has 0 aromatic heterocycles. The van der Waals surface area contributed by atoms with Gasteiger partial charge >= 0.3 is 0 Å². The van der Waals surface area contributed by atoms with Gasteiger partial charge in [0, 0.05) is 5.69 Å². The Balaban J connectivity index is 2.13. The number of benzene rings is 2. The standard InChI is InChI=1S/C16H19NO/c1-11-4-5-12(2)14(8-11)10-18-16-7-6-15(17)9-13(16)3/h4-9H,10,17H2,1-3H3. The molecule has 0 aliphatic carbocycles. The van der Waals surface area contributed by atoms with Crippen LogP contribution < -0.4 is 10.5 Å². The second kappa shape index (κ2) is 5.13. The van der Waals surface area contributed by atoms with Gasteiger partial charge in [-0.05, 0) is 55.7 Å². The molecular weight excluding hydrogens is 222 g/mol. The SMILES string of the molecule is Cc1ccc(C)c(COc2ccc(N)cc2C)c1. The smallest absolute Gasteiger partial charge is 0.122 e. The Morgan fingerprint density at radius 2 is 1.72 bits per heavy atom. The van der Waals surface area contributed by atoms with E-state index in [0.29, 0.717) is 6.61 Å². The molecule has 0 saturated carbocycles. The molecule has 0 amide bonds. The molecule has 0 heterocycles. The highest BCUT2D eigenvalue weighted by Crippen LogP contribution is 2.22. The number of rotatable bonds is 3. The molecule has 0 spiro atoms. The van der Waals surface area contributed by atoms with E-state index < -0.39 is 0 Å². The van der Waals surface area contributed by atoms with E-state index in [9.17, 15) is 0 Å². The maximum Gasteiger partial charge on any atom is 0.122 e. The normalized spacial score (nSPS) is 10.4. The van der Waals surface area contributed by atoms with Crippen molar-refractivity contribution >= 4 is 5.69 Å². The molecule has 2 nitrogen and oxygen atoms in total. The van der Waals surface area contributed by atoms with Crippen LogP contribution in [0.15, 0.2) is 36.4 Å². The van der Waals surface area contributed by atoms with Crippen molar-refractivity contribution in [2.24, 2.45) is 0 Å². The summed E-state index contributed by atoms with van der Waals surface area (Å²) >= 11 is 0. The average Bonchev–Trinajstić information content (AvgIpc) is 2.32. The van der Waals surface area contributed by atoms with Gasteiger partial charge in [0.1, 0.15) is 12.4 Å². The van der Waals surface area contributed by atoms with Crippen LogP contribution in [-0.2, 0) is 6.61 Å². The van der Waals surface area contributed by atoms with Gasteiger partial charge in [0.25, 0.3) is 0 Å². The molecule has 0 fully saturated rings. The summed E-state index contributed by atoms with van der Waals surface area (Å²) in [4.78, 5) is 0. The van der Waals surface area contributed by atoms with Gasteiger partial charge in [0.2, 0.25) is 0 Å². The maximum absolute atomic E-state index is 5.86. The minimum atomic E-state index is 0.596. The van der Waals surface area contributed by atoms with Crippen molar-refractivity contribution < 1.29 is 4.74 Å². The highest BCUT2D eigenvalue weighted by atomic mass is 16.5. The summed E-state index contributed by atoms with van der Waals surface area (Å²) < 4.78 is 5.86. The number of hydrogen-bond acceptors (Lipinski definition) is 2. The first-order valence-electron chi connectivity index (χ1n) is 6.11. The first-order valence-corrected chi connectivity index (χ1v) is 6.11. The summed E-state index contributed by atoms with van der Waals surface area (Å²) in [6, 6.07) is 12.1. The zero-order valence-electron chi connectivity index (χ0n) is 11.2. The molecule has 0 radical (unpaired) electrons. The average molecular weight is 241 g/mol. The number of nitrogens with two attached hydrogens (primary N) is 1. The van der Waals surface area contributed by atoms with Crippen LogP contribution in [0.25, 0.3) is 0 Å². The van der Waals surface area contributed by atoms with Crippen LogP contribution in [0.5, 0.6) is 5.75 Å². The van der Waals surface area contributed by atoms with E-state index >= 15 is 0 Å². The number of hydrogen-bond donors (Lipinski definition) is 1. The summed E-state index contributed by atoms with van der Waals surface area (Å²) in [5.41, 5.74) is 11.3. The van der Waals surface area contributed by atoms with E-state index in [-0.39, 0.29) is 0 Å². The van der Waals surface area contributed by atoms with Crippen molar-refractivity contribution in [1.29, 1.82) is 0 Å². The molecule has 0 saturated heterocycles. The first kappa shape index (κ1) is 12.5. The Bertz CT molecular complexity index is 561. The van der Waals surface area contributed by atoms with Gasteiger partial charge < -0.3 is 10.5 Å². The molecule has 2 aromatic rings. The fraction of sp³-hybridized carbons (Fsp3) is 0.250. The summed E-state index contributed by atoms with van der Waals surface area (Å²) in [7, 11) is 0. The Morgan fingerprint density at radius 3 is 2.44 bits per heavy atom. The van der Waals surface area contributed by atoms with E-state index in [4.69, 9.17) is 10.5 Å². The Hall–Kier alpha value is -1.96. The Labute approximate surface area is 108 Å². The molecule has 0 unspecified atom stereocenters. The molecule has 2 rings (SSSR count). The third kappa shape index (κ3) is 2.83. The topological polar surface area (TPSA) is 35.2 Å². The van der Waals surface area contributed by atoms with E-state index in [2.05, 4.69) is 32.0 Å². The summed E-state index contributed by atoms with van der Waals surface area (Å²) in [5.74, 6) is 0.894. The molecule has 2 heteroatoms. The largest absolute Gasteiger partial charge is 0.489 e. The Morgan fingerprint density at radius 1 is 0.944 bits per heavy atom. The highest BCUT2D eigenvalue weighted by molar-refractivity contribution is 5.47. The van der Waals surface area contributed by atoms with Crippen molar-refractivity contribution in [3.8, 4) is 5.75 Å². The minimum Gasteiger partial charge on any atom is -0.489 e. The van der Waals surface area contributed by atoms with Gasteiger partial charge in [-0.2, -0.15) is 0 Å². The summed E-state index contributed by atoms with van der Waals surface area (Å²) in [5, 5.41) is 0. The maximum atomic E-state index is 5.86. The first-order chi connectivity index (χ1) is 8.56. The summed E-state index contributed by atoms with van der Waals surface area (Å²) in [6.45, 7) is 6.80. The monoisotopic (exact) mass is 241 g/mol. The van der Waals surface area contributed by atoms with Crippen LogP contribution in [0, 0.1) is 20.8 Å². The van der Waals surface area contributed by atoms with Crippen LogP contribution in [0.4, 0.5) is 5.69 Å². The molecular formula is C16H19NO. The van der Waals surface area contributed by atoms with Crippen molar-refractivity contribution in [2.75, 3.05) is 5.73 Å². The van der Waals surface area contributed by atoms with Gasteiger partial charge in [-0.15, -0.1) is 0 Å². The predicted molar refractivity (Wildman–Crippen MR) is 75.8 cm³/mol. The van der Waals surface area contributed by atoms with Crippen molar-refractivity contribution in [1.82, 2.24) is 0 Å². The molecule has 94 valence electrons. The van der Waals surface area contributed by atoms with Gasteiger partial charge in [0.05, 0.1) is 0 Å². The lowest BCUT2D eigenvalue weighted by Crippen LogP contribution is -2.00. The third-order valence-electron chi connectivity index (χ3n) is 3.09. The van der Waals surface area contributed by atoms with Crippen molar-refractivity contribution in [2.45, 2.75) is 27.4 Å². The van der Waals surface area contributed by atoms with Gasteiger partial charge in [0.15, 0.2) is 0 Å². The zero-order valence-corrected chi connectivity index (χ0v) is 11.2. The fourth-order valence-electron chi connectivity index (χ4n) is 1.95. The molecule has 0 aliphatic heterocycles. The molecule has 18 heavy (non-hydrogen) atoms. The van der Waals surface area contributed by atoms with Crippen LogP contribution in [0.3, 0.4) is 0 Å². The predicted octanol–water partition coefficient (Wildman–Crippen LogP) is 3.77. The molecule has 2 aromatic carbocycles. The van der Waals surface area contributed by atoms with E-state index in [1.54, 1.807) is 0 Å². The van der Waals surface area contributed by atoms with Gasteiger partial charge in [-0.3, -0.25) is 0 Å². The van der Waals surface area contributed by atoms with Crippen LogP contribution in [0.2, 0.25) is 0 Å². The third-order valence-corrected chi connectivity index (χ3v) is 3.09. The molecule has 0 aliphatic rings. The second-order valence-corrected chi connectivity index (χ2v) is 4.74.